The van der Waals surface area contributed by atoms with Crippen LogP contribution in [0.5, 0.6) is 5.75 Å². The highest BCUT2D eigenvalue weighted by Gasteiger charge is 2.21. The summed E-state index contributed by atoms with van der Waals surface area (Å²) in [6.07, 6.45) is 0.562. The Labute approximate surface area is 173 Å². The quantitative estimate of drug-likeness (QED) is 0.606. The first-order valence-electron chi connectivity index (χ1n) is 9.88. The van der Waals surface area contributed by atoms with Crippen molar-refractivity contribution in [2.45, 2.75) is 46.3 Å². The minimum absolute atomic E-state index is 0.194. The van der Waals surface area contributed by atoms with Gasteiger partial charge in [0.2, 0.25) is 5.91 Å². The van der Waals surface area contributed by atoms with Crippen LogP contribution < -0.4 is 20.7 Å². The lowest BCUT2D eigenvalue weighted by molar-refractivity contribution is -0.123. The zero-order valence-electron chi connectivity index (χ0n) is 17.6. The Balaban J connectivity index is 1.87. The first-order valence-corrected chi connectivity index (χ1v) is 9.88. The smallest absolute Gasteiger partial charge is 0.315 e. The first kappa shape index (κ1) is 22.3. The van der Waals surface area contributed by atoms with Gasteiger partial charge in [-0.2, -0.15) is 0 Å². The van der Waals surface area contributed by atoms with Crippen LogP contribution in [-0.2, 0) is 17.9 Å². The number of urea groups is 1. The molecule has 0 aliphatic rings. The van der Waals surface area contributed by atoms with Crippen molar-refractivity contribution in [1.82, 2.24) is 16.0 Å². The van der Waals surface area contributed by atoms with Gasteiger partial charge in [0, 0.05) is 13.1 Å². The molecule has 1 unspecified atom stereocenters. The lowest BCUT2D eigenvalue weighted by atomic mass is 10.0. The van der Waals surface area contributed by atoms with E-state index in [4.69, 9.17) is 4.74 Å². The molecule has 29 heavy (non-hydrogen) atoms. The van der Waals surface area contributed by atoms with Gasteiger partial charge in [-0.15, -0.1) is 0 Å². The Hall–Kier alpha value is -3.02. The second-order valence-corrected chi connectivity index (χ2v) is 7.56. The summed E-state index contributed by atoms with van der Waals surface area (Å²) >= 11 is 0. The summed E-state index contributed by atoms with van der Waals surface area (Å²) in [6, 6.07) is 14.5. The third-order valence-corrected chi connectivity index (χ3v) is 4.53. The van der Waals surface area contributed by atoms with E-state index in [-0.39, 0.29) is 17.9 Å². The Kier molecular flexibility index (Phi) is 8.52. The molecule has 0 fully saturated rings. The van der Waals surface area contributed by atoms with Gasteiger partial charge >= 0.3 is 6.03 Å². The highest BCUT2D eigenvalue weighted by molar-refractivity contribution is 5.87. The van der Waals surface area contributed by atoms with E-state index in [1.807, 2.05) is 69.3 Å². The predicted octanol–water partition coefficient (Wildman–Crippen LogP) is 3.53. The Morgan fingerprint density at radius 1 is 0.897 bits per heavy atom. The maximum absolute atomic E-state index is 12.6. The normalized spacial score (nSPS) is 11.6. The number of benzene rings is 2. The van der Waals surface area contributed by atoms with Crippen molar-refractivity contribution in [3.05, 3.63) is 65.2 Å². The zero-order chi connectivity index (χ0) is 21.2. The number of hydrogen-bond donors (Lipinski definition) is 3. The van der Waals surface area contributed by atoms with Crippen molar-refractivity contribution in [3.63, 3.8) is 0 Å². The van der Waals surface area contributed by atoms with Crippen LogP contribution >= 0.6 is 0 Å². The molecule has 0 aromatic heterocycles. The van der Waals surface area contributed by atoms with E-state index >= 15 is 0 Å². The Morgan fingerprint density at radius 3 is 2.00 bits per heavy atom. The van der Waals surface area contributed by atoms with Gasteiger partial charge in [0.1, 0.15) is 11.8 Å². The van der Waals surface area contributed by atoms with E-state index in [1.165, 1.54) is 5.56 Å². The summed E-state index contributed by atoms with van der Waals surface area (Å²) in [5, 5.41) is 8.53. The minimum atomic E-state index is -0.591. The Bertz CT molecular complexity index is 786. The van der Waals surface area contributed by atoms with Crippen LogP contribution in [0.2, 0.25) is 0 Å². The molecule has 156 valence electrons. The number of rotatable bonds is 9. The standard InChI is InChI=1S/C23H31N3O3/c1-16(2)13-21(22(27)24-14-19-9-11-20(29-4)12-10-19)26-23(28)25-15-18-7-5-17(3)6-8-18/h5-12,16,21H,13-15H2,1-4H3,(H,24,27)(H2,25,26,28). The third-order valence-electron chi connectivity index (χ3n) is 4.53. The molecule has 0 heterocycles. The molecule has 1 atom stereocenters. The monoisotopic (exact) mass is 397 g/mol. The highest BCUT2D eigenvalue weighted by atomic mass is 16.5. The van der Waals surface area contributed by atoms with E-state index < -0.39 is 6.04 Å². The third kappa shape index (κ3) is 7.86. The molecule has 0 saturated heterocycles. The number of amides is 3. The van der Waals surface area contributed by atoms with Gasteiger partial charge in [0.25, 0.3) is 0 Å². The number of methoxy groups -OCH3 is 1. The van der Waals surface area contributed by atoms with E-state index in [0.29, 0.717) is 19.5 Å². The fourth-order valence-electron chi connectivity index (χ4n) is 2.86. The molecular weight excluding hydrogens is 366 g/mol. The highest BCUT2D eigenvalue weighted by Crippen LogP contribution is 2.11. The first-order chi connectivity index (χ1) is 13.9. The fourth-order valence-corrected chi connectivity index (χ4v) is 2.86. The van der Waals surface area contributed by atoms with E-state index in [9.17, 15) is 9.59 Å². The summed E-state index contributed by atoms with van der Waals surface area (Å²) in [6.45, 7) is 6.87. The van der Waals surface area contributed by atoms with Crippen molar-refractivity contribution in [1.29, 1.82) is 0 Å². The largest absolute Gasteiger partial charge is 0.497 e. The van der Waals surface area contributed by atoms with Crippen LogP contribution in [0, 0.1) is 12.8 Å². The van der Waals surface area contributed by atoms with Gasteiger partial charge in [0.05, 0.1) is 7.11 Å². The number of carbonyl (C=O) groups excluding carboxylic acids is 2. The lowest BCUT2D eigenvalue weighted by Crippen LogP contribution is -2.50. The molecular formula is C23H31N3O3. The van der Waals surface area contributed by atoms with Gasteiger partial charge in [-0.25, -0.2) is 4.79 Å². The minimum Gasteiger partial charge on any atom is -0.497 e. The number of ether oxygens (including phenoxy) is 1. The summed E-state index contributed by atoms with van der Waals surface area (Å²) in [4.78, 5) is 25.0. The van der Waals surface area contributed by atoms with Crippen molar-refractivity contribution in [2.75, 3.05) is 7.11 Å². The molecule has 0 saturated carbocycles. The molecule has 6 heteroatoms. The molecule has 0 radical (unpaired) electrons. The maximum Gasteiger partial charge on any atom is 0.315 e. The molecule has 0 bridgehead atoms. The van der Waals surface area contributed by atoms with Crippen LogP contribution in [-0.4, -0.2) is 25.1 Å². The second kappa shape index (κ2) is 11.1. The number of nitrogens with one attached hydrogen (secondary N) is 3. The maximum atomic E-state index is 12.6. The zero-order valence-corrected chi connectivity index (χ0v) is 17.6. The molecule has 2 aromatic rings. The lowest BCUT2D eigenvalue weighted by Gasteiger charge is -2.20. The van der Waals surface area contributed by atoms with E-state index in [2.05, 4.69) is 16.0 Å². The van der Waals surface area contributed by atoms with E-state index in [0.717, 1.165) is 16.9 Å². The average molecular weight is 398 g/mol. The number of aryl methyl sites for hydroxylation is 1. The molecule has 3 N–H and O–H groups in total. The molecule has 2 rings (SSSR count). The summed E-state index contributed by atoms with van der Waals surface area (Å²) in [5.74, 6) is 0.841. The summed E-state index contributed by atoms with van der Waals surface area (Å²) in [5.41, 5.74) is 3.14. The van der Waals surface area contributed by atoms with Crippen LogP contribution in [0.15, 0.2) is 48.5 Å². The van der Waals surface area contributed by atoms with Crippen molar-refractivity contribution < 1.29 is 14.3 Å². The molecule has 3 amide bonds. The predicted molar refractivity (Wildman–Crippen MR) is 115 cm³/mol. The van der Waals surface area contributed by atoms with E-state index in [1.54, 1.807) is 7.11 Å². The van der Waals surface area contributed by atoms with Crippen molar-refractivity contribution in [3.8, 4) is 5.75 Å². The van der Waals surface area contributed by atoms with Crippen LogP contribution in [0.3, 0.4) is 0 Å². The van der Waals surface area contributed by atoms with Crippen molar-refractivity contribution >= 4 is 11.9 Å². The molecule has 6 nitrogen and oxygen atoms in total. The topological polar surface area (TPSA) is 79.5 Å². The molecule has 0 aliphatic carbocycles. The van der Waals surface area contributed by atoms with Gasteiger partial charge in [-0.05, 0) is 42.5 Å². The molecule has 2 aromatic carbocycles. The SMILES string of the molecule is COc1ccc(CNC(=O)C(CC(C)C)NC(=O)NCc2ccc(C)cc2)cc1. The van der Waals surface area contributed by atoms with Crippen LogP contribution in [0.1, 0.15) is 37.0 Å². The number of hydrogen-bond acceptors (Lipinski definition) is 3. The average Bonchev–Trinajstić information content (AvgIpc) is 2.71. The summed E-state index contributed by atoms with van der Waals surface area (Å²) in [7, 11) is 1.61. The van der Waals surface area contributed by atoms with Gasteiger partial charge in [-0.3, -0.25) is 4.79 Å². The summed E-state index contributed by atoms with van der Waals surface area (Å²) < 4.78 is 5.14. The van der Waals surface area contributed by atoms with Gasteiger partial charge in [0.15, 0.2) is 0 Å². The second-order valence-electron chi connectivity index (χ2n) is 7.56. The van der Waals surface area contributed by atoms with Crippen LogP contribution in [0.25, 0.3) is 0 Å². The van der Waals surface area contributed by atoms with Gasteiger partial charge < -0.3 is 20.7 Å². The fraction of sp³-hybridized carbons (Fsp3) is 0.391. The van der Waals surface area contributed by atoms with Crippen molar-refractivity contribution in [2.24, 2.45) is 5.92 Å². The Morgan fingerprint density at radius 2 is 1.45 bits per heavy atom. The molecule has 0 aliphatic heterocycles. The molecule has 0 spiro atoms. The number of carbonyl (C=O) groups is 2. The van der Waals surface area contributed by atoms with Gasteiger partial charge in [-0.1, -0.05) is 55.8 Å². The van der Waals surface area contributed by atoms with Crippen LogP contribution in [0.4, 0.5) is 4.79 Å².